The zero-order valence-corrected chi connectivity index (χ0v) is 23.7. The van der Waals surface area contributed by atoms with Crippen LogP contribution in [0.5, 0.6) is 5.75 Å². The summed E-state index contributed by atoms with van der Waals surface area (Å²) < 4.78 is 18.8. The molecule has 0 unspecified atom stereocenters. The van der Waals surface area contributed by atoms with Crippen molar-refractivity contribution < 1.29 is 18.7 Å². The average Bonchev–Trinajstić information content (AvgIpc) is 3.40. The molecule has 0 radical (unpaired) electrons. The van der Waals surface area contributed by atoms with E-state index in [9.17, 15) is 14.0 Å². The highest BCUT2D eigenvalue weighted by atomic mass is 19.1. The Balaban J connectivity index is 1.02. The molecule has 3 heterocycles. The Morgan fingerprint density at radius 2 is 1.68 bits per heavy atom. The SMILES string of the molecule is CC(C)(C)c1nc2c(OC(=O)NCC3CCN(CC4CCN(C(=O)c5ccc(F)cc5)CC4)CC3)cccc2[nH]1. The molecule has 2 aliphatic rings. The van der Waals surface area contributed by atoms with Gasteiger partial charge in [-0.1, -0.05) is 26.8 Å². The molecule has 0 spiro atoms. The standard InChI is InChI=1S/C31H40FN5O3/c1-31(2,3)29-34-25-5-4-6-26(27(25)35-29)40-30(39)33-19-21-11-15-36(16-12-21)20-22-13-17-37(18-14-22)28(38)23-7-9-24(32)10-8-23/h4-10,21-22H,11-20H2,1-3H3,(H,33,39)(H,34,35). The van der Waals surface area contributed by atoms with E-state index in [4.69, 9.17) is 4.74 Å². The van der Waals surface area contributed by atoms with Crippen LogP contribution in [0.1, 0.15) is 62.6 Å². The van der Waals surface area contributed by atoms with E-state index in [1.807, 2.05) is 17.0 Å². The number of carbonyl (C=O) groups is 2. The van der Waals surface area contributed by atoms with Crippen LogP contribution in [0.25, 0.3) is 11.0 Å². The van der Waals surface area contributed by atoms with Crippen molar-refractivity contribution in [1.82, 2.24) is 25.1 Å². The summed E-state index contributed by atoms with van der Waals surface area (Å²) in [6.45, 7) is 11.4. The molecule has 214 valence electrons. The van der Waals surface area contributed by atoms with Crippen LogP contribution in [0.3, 0.4) is 0 Å². The van der Waals surface area contributed by atoms with E-state index in [1.165, 1.54) is 12.1 Å². The quantitative estimate of drug-likeness (QED) is 0.433. The number of benzene rings is 2. The van der Waals surface area contributed by atoms with E-state index in [2.05, 4.69) is 41.0 Å². The summed E-state index contributed by atoms with van der Waals surface area (Å²) in [5.74, 6) is 1.98. The number of carbonyl (C=O) groups excluding carboxylic acids is 2. The van der Waals surface area contributed by atoms with Crippen molar-refractivity contribution in [2.24, 2.45) is 11.8 Å². The van der Waals surface area contributed by atoms with Crippen molar-refractivity contribution in [3.63, 3.8) is 0 Å². The Hall–Kier alpha value is -3.46. The number of piperidine rings is 2. The summed E-state index contributed by atoms with van der Waals surface area (Å²) in [5.41, 5.74) is 1.94. The smallest absolute Gasteiger partial charge is 0.408 e. The second kappa shape index (κ2) is 12.0. The molecule has 8 nitrogen and oxygen atoms in total. The number of rotatable bonds is 6. The maximum Gasteiger partial charge on any atom is 0.412 e. The van der Waals surface area contributed by atoms with Crippen molar-refractivity contribution in [3.8, 4) is 5.75 Å². The second-order valence-corrected chi connectivity index (χ2v) is 12.2. The number of aromatic nitrogens is 2. The molecule has 2 N–H and O–H groups in total. The summed E-state index contributed by atoms with van der Waals surface area (Å²) in [5, 5.41) is 2.95. The van der Waals surface area contributed by atoms with Crippen molar-refractivity contribution >= 4 is 23.0 Å². The molecule has 2 amide bonds. The molecule has 0 atom stereocenters. The average molecular weight is 550 g/mol. The van der Waals surface area contributed by atoms with E-state index in [-0.39, 0.29) is 17.1 Å². The fourth-order valence-electron chi connectivity index (χ4n) is 5.64. The van der Waals surface area contributed by atoms with Crippen LogP contribution in [0.2, 0.25) is 0 Å². The third kappa shape index (κ3) is 6.81. The first-order valence-corrected chi connectivity index (χ1v) is 14.4. The van der Waals surface area contributed by atoms with Gasteiger partial charge in [-0.25, -0.2) is 14.2 Å². The lowest BCUT2D eigenvalue weighted by Gasteiger charge is -2.37. The Kier molecular flexibility index (Phi) is 8.40. The Bertz CT molecular complexity index is 1320. The van der Waals surface area contributed by atoms with E-state index in [1.54, 1.807) is 18.2 Å². The number of para-hydroxylation sites is 1. The number of halogens is 1. The molecule has 1 aromatic heterocycles. The molecule has 3 aromatic rings. The van der Waals surface area contributed by atoms with E-state index >= 15 is 0 Å². The number of hydrogen-bond donors (Lipinski definition) is 2. The number of aromatic amines is 1. The van der Waals surface area contributed by atoms with Gasteiger partial charge >= 0.3 is 6.09 Å². The number of ether oxygens (including phenoxy) is 1. The number of amides is 2. The van der Waals surface area contributed by atoms with Gasteiger partial charge in [0.1, 0.15) is 17.2 Å². The van der Waals surface area contributed by atoms with Gasteiger partial charge in [0, 0.05) is 37.2 Å². The van der Waals surface area contributed by atoms with Crippen LogP contribution >= 0.6 is 0 Å². The molecule has 0 aliphatic carbocycles. The van der Waals surface area contributed by atoms with Crippen LogP contribution in [-0.4, -0.2) is 71.0 Å². The summed E-state index contributed by atoms with van der Waals surface area (Å²) in [7, 11) is 0. The van der Waals surface area contributed by atoms with Gasteiger partial charge in [0.05, 0.1) is 5.52 Å². The van der Waals surface area contributed by atoms with Crippen LogP contribution in [-0.2, 0) is 5.41 Å². The molecular formula is C31H40FN5O3. The van der Waals surface area contributed by atoms with Crippen molar-refractivity contribution in [3.05, 3.63) is 59.7 Å². The molecule has 9 heteroatoms. The number of likely N-dealkylation sites (tertiary alicyclic amines) is 2. The van der Waals surface area contributed by atoms with Crippen LogP contribution < -0.4 is 10.1 Å². The third-order valence-electron chi connectivity index (χ3n) is 8.14. The zero-order valence-electron chi connectivity index (χ0n) is 23.7. The number of H-pyrrole nitrogens is 1. The molecule has 0 saturated carbocycles. The Morgan fingerprint density at radius 1 is 1.00 bits per heavy atom. The van der Waals surface area contributed by atoms with Gasteiger partial charge in [0.25, 0.3) is 5.91 Å². The number of nitrogens with zero attached hydrogens (tertiary/aromatic N) is 3. The van der Waals surface area contributed by atoms with Gasteiger partial charge in [-0.2, -0.15) is 0 Å². The molecular weight excluding hydrogens is 509 g/mol. The first-order valence-electron chi connectivity index (χ1n) is 14.4. The normalized spacial score (nSPS) is 17.8. The molecule has 2 aliphatic heterocycles. The Labute approximate surface area is 235 Å². The number of imidazole rings is 1. The first-order chi connectivity index (χ1) is 19.2. The van der Waals surface area contributed by atoms with Crippen LogP contribution in [0.15, 0.2) is 42.5 Å². The number of hydrogen-bond acceptors (Lipinski definition) is 5. The predicted octanol–water partition coefficient (Wildman–Crippen LogP) is 5.35. The molecule has 2 saturated heterocycles. The van der Waals surface area contributed by atoms with Gasteiger partial charge in [-0.15, -0.1) is 0 Å². The van der Waals surface area contributed by atoms with Gasteiger partial charge in [0.2, 0.25) is 0 Å². The number of nitrogens with one attached hydrogen (secondary N) is 2. The monoisotopic (exact) mass is 549 g/mol. The summed E-state index contributed by atoms with van der Waals surface area (Å²) >= 11 is 0. The van der Waals surface area contributed by atoms with Crippen LogP contribution in [0, 0.1) is 17.7 Å². The lowest BCUT2D eigenvalue weighted by molar-refractivity contribution is 0.0652. The predicted molar refractivity (Wildman–Crippen MR) is 153 cm³/mol. The van der Waals surface area contributed by atoms with Gasteiger partial charge in [0.15, 0.2) is 5.75 Å². The maximum atomic E-state index is 13.2. The van der Waals surface area contributed by atoms with Crippen molar-refractivity contribution in [2.45, 2.75) is 51.9 Å². The van der Waals surface area contributed by atoms with E-state index < -0.39 is 6.09 Å². The topological polar surface area (TPSA) is 90.6 Å². The first kappa shape index (κ1) is 28.1. The lowest BCUT2D eigenvalue weighted by atomic mass is 9.92. The number of fused-ring (bicyclic) bond motifs is 1. The maximum absolute atomic E-state index is 13.2. The molecule has 2 aromatic carbocycles. The minimum atomic E-state index is -0.447. The summed E-state index contributed by atoms with van der Waals surface area (Å²) in [6.07, 6.45) is 3.59. The minimum absolute atomic E-state index is 0.0130. The van der Waals surface area contributed by atoms with Crippen molar-refractivity contribution in [1.29, 1.82) is 0 Å². The fraction of sp³-hybridized carbons (Fsp3) is 0.516. The Morgan fingerprint density at radius 3 is 2.35 bits per heavy atom. The van der Waals surface area contributed by atoms with Gasteiger partial charge in [-0.05, 0) is 87.0 Å². The van der Waals surface area contributed by atoms with Crippen molar-refractivity contribution in [2.75, 3.05) is 39.3 Å². The van der Waals surface area contributed by atoms with E-state index in [0.717, 1.165) is 69.7 Å². The highest BCUT2D eigenvalue weighted by Crippen LogP contribution is 2.28. The molecule has 5 rings (SSSR count). The van der Waals surface area contributed by atoms with Crippen LogP contribution in [0.4, 0.5) is 9.18 Å². The highest BCUT2D eigenvalue weighted by molar-refractivity contribution is 5.94. The van der Waals surface area contributed by atoms with Gasteiger partial charge in [-0.3, -0.25) is 4.79 Å². The highest BCUT2D eigenvalue weighted by Gasteiger charge is 2.27. The third-order valence-corrected chi connectivity index (χ3v) is 8.14. The molecule has 2 fully saturated rings. The molecule has 40 heavy (non-hydrogen) atoms. The summed E-state index contributed by atoms with van der Waals surface area (Å²) in [4.78, 5) is 37.7. The largest absolute Gasteiger partial charge is 0.412 e. The zero-order chi connectivity index (χ0) is 28.3. The van der Waals surface area contributed by atoms with E-state index in [0.29, 0.717) is 35.2 Å². The van der Waals surface area contributed by atoms with Gasteiger partial charge < -0.3 is 24.8 Å². The molecule has 0 bridgehead atoms. The minimum Gasteiger partial charge on any atom is -0.408 e. The fourth-order valence-corrected chi connectivity index (χ4v) is 5.64. The lowest BCUT2D eigenvalue weighted by Crippen LogP contribution is -2.44. The second-order valence-electron chi connectivity index (χ2n) is 12.2. The summed E-state index contributed by atoms with van der Waals surface area (Å²) in [6, 6.07) is 11.4.